The molecule has 2 atom stereocenters. The summed E-state index contributed by atoms with van der Waals surface area (Å²) in [4.78, 5) is 1.23. The summed E-state index contributed by atoms with van der Waals surface area (Å²) in [5.41, 5.74) is 0. The molecule has 2 unspecified atom stereocenters. The van der Waals surface area contributed by atoms with Crippen LogP contribution >= 0.6 is 22.9 Å². The molecule has 14 heavy (non-hydrogen) atoms. The summed E-state index contributed by atoms with van der Waals surface area (Å²) in [6, 6.07) is 4.38. The number of rotatable bonds is 5. The van der Waals surface area contributed by atoms with E-state index in [1.807, 2.05) is 19.1 Å². The smallest absolute Gasteiger partial charge is 0.0931 e. The monoisotopic (exact) mass is 233 g/mol. The zero-order chi connectivity index (χ0) is 10.6. The van der Waals surface area contributed by atoms with Gasteiger partial charge in [-0.25, -0.2) is 0 Å². The van der Waals surface area contributed by atoms with Crippen LogP contribution in [0.3, 0.4) is 0 Å². The highest BCUT2D eigenvalue weighted by Crippen LogP contribution is 2.28. The average Bonchev–Trinajstić information content (AvgIpc) is 2.60. The minimum atomic E-state index is 0.126. The molecule has 0 bridgehead atoms. The molecule has 0 saturated carbocycles. The van der Waals surface area contributed by atoms with Gasteiger partial charge in [-0.05, 0) is 25.5 Å². The number of aliphatic hydroxyl groups is 1. The normalized spacial score (nSPS) is 15.4. The van der Waals surface area contributed by atoms with Gasteiger partial charge in [0.2, 0.25) is 0 Å². The second-order valence-corrected chi connectivity index (χ2v) is 5.10. The molecule has 0 spiro atoms. The summed E-state index contributed by atoms with van der Waals surface area (Å²) < 4.78 is 0.817. The van der Waals surface area contributed by atoms with Crippen LogP contribution in [0.1, 0.15) is 31.2 Å². The van der Waals surface area contributed by atoms with Gasteiger partial charge in [0.15, 0.2) is 0 Å². The van der Waals surface area contributed by atoms with Gasteiger partial charge in [-0.15, -0.1) is 11.3 Å². The molecule has 2 nitrogen and oxygen atoms in total. The van der Waals surface area contributed by atoms with Crippen molar-refractivity contribution < 1.29 is 5.11 Å². The van der Waals surface area contributed by atoms with Crippen LogP contribution in [0.4, 0.5) is 0 Å². The Labute approximate surface area is 93.9 Å². The maximum atomic E-state index is 8.95. The molecule has 0 saturated heterocycles. The summed E-state index contributed by atoms with van der Waals surface area (Å²) in [7, 11) is 0. The molecule has 1 rings (SSSR count). The van der Waals surface area contributed by atoms with Crippen LogP contribution in [-0.2, 0) is 0 Å². The van der Waals surface area contributed by atoms with Crippen molar-refractivity contribution in [2.45, 2.75) is 32.4 Å². The average molecular weight is 234 g/mol. The molecule has 0 fully saturated rings. The van der Waals surface area contributed by atoms with Crippen LogP contribution in [0.5, 0.6) is 0 Å². The van der Waals surface area contributed by atoms with Crippen molar-refractivity contribution in [2.24, 2.45) is 0 Å². The summed E-state index contributed by atoms with van der Waals surface area (Å²) >= 11 is 7.47. The minimum Gasteiger partial charge on any atom is -0.395 e. The standard InChI is InChI=1S/C10H16ClNOS/c1-3-8(12-7(2)6-13)9-4-5-10(11)14-9/h4-5,7-8,12-13H,3,6H2,1-2H3. The van der Waals surface area contributed by atoms with Gasteiger partial charge in [0.25, 0.3) is 0 Å². The number of hydrogen-bond acceptors (Lipinski definition) is 3. The summed E-state index contributed by atoms with van der Waals surface area (Å²) in [5.74, 6) is 0. The Morgan fingerprint density at radius 2 is 2.29 bits per heavy atom. The van der Waals surface area contributed by atoms with Crippen molar-refractivity contribution in [1.29, 1.82) is 0 Å². The van der Waals surface area contributed by atoms with Crippen molar-refractivity contribution in [1.82, 2.24) is 5.32 Å². The van der Waals surface area contributed by atoms with Gasteiger partial charge >= 0.3 is 0 Å². The summed E-state index contributed by atoms with van der Waals surface area (Å²) in [5, 5.41) is 12.3. The van der Waals surface area contributed by atoms with Crippen LogP contribution < -0.4 is 5.32 Å². The van der Waals surface area contributed by atoms with E-state index >= 15 is 0 Å². The van der Waals surface area contributed by atoms with Gasteiger partial charge in [0.1, 0.15) is 0 Å². The van der Waals surface area contributed by atoms with Crippen LogP contribution in [-0.4, -0.2) is 17.8 Å². The van der Waals surface area contributed by atoms with E-state index in [0.717, 1.165) is 10.8 Å². The Kier molecular flexibility index (Phi) is 4.89. The molecule has 0 aliphatic heterocycles. The van der Waals surface area contributed by atoms with Gasteiger partial charge in [0.05, 0.1) is 10.9 Å². The van der Waals surface area contributed by atoms with Crippen molar-refractivity contribution in [3.8, 4) is 0 Å². The summed E-state index contributed by atoms with van der Waals surface area (Å²) in [6.45, 7) is 4.25. The molecular formula is C10H16ClNOS. The van der Waals surface area contributed by atoms with E-state index in [9.17, 15) is 0 Å². The molecular weight excluding hydrogens is 218 g/mol. The van der Waals surface area contributed by atoms with Gasteiger partial charge < -0.3 is 10.4 Å². The van der Waals surface area contributed by atoms with Crippen LogP contribution in [0, 0.1) is 0 Å². The van der Waals surface area contributed by atoms with Gasteiger partial charge in [0, 0.05) is 17.0 Å². The zero-order valence-electron chi connectivity index (χ0n) is 8.46. The lowest BCUT2D eigenvalue weighted by molar-refractivity contribution is 0.240. The van der Waals surface area contributed by atoms with Crippen LogP contribution in [0.15, 0.2) is 12.1 Å². The Balaban J connectivity index is 2.62. The second kappa shape index (κ2) is 5.71. The molecule has 1 aromatic rings. The third kappa shape index (κ3) is 3.24. The predicted octanol–water partition coefficient (Wildman–Crippen LogP) is 2.82. The molecule has 2 N–H and O–H groups in total. The molecule has 0 aliphatic carbocycles. The lowest BCUT2D eigenvalue weighted by Crippen LogP contribution is -2.32. The molecule has 0 radical (unpaired) electrons. The van der Waals surface area contributed by atoms with Gasteiger partial charge in [-0.3, -0.25) is 0 Å². The number of aliphatic hydroxyl groups excluding tert-OH is 1. The molecule has 1 heterocycles. The molecule has 0 amide bonds. The first-order valence-electron chi connectivity index (χ1n) is 4.79. The molecule has 4 heteroatoms. The maximum absolute atomic E-state index is 8.95. The molecule has 0 aliphatic rings. The van der Waals surface area contributed by atoms with Crippen molar-refractivity contribution in [3.05, 3.63) is 21.3 Å². The van der Waals surface area contributed by atoms with E-state index in [4.69, 9.17) is 16.7 Å². The fourth-order valence-electron chi connectivity index (χ4n) is 1.31. The first kappa shape index (κ1) is 12.0. The third-order valence-corrected chi connectivity index (χ3v) is 3.45. The van der Waals surface area contributed by atoms with E-state index in [1.54, 1.807) is 11.3 Å². The van der Waals surface area contributed by atoms with E-state index in [1.165, 1.54) is 4.88 Å². The van der Waals surface area contributed by atoms with E-state index in [-0.39, 0.29) is 12.6 Å². The lowest BCUT2D eigenvalue weighted by Gasteiger charge is -2.19. The Bertz CT molecular complexity index is 277. The SMILES string of the molecule is CCC(NC(C)CO)c1ccc(Cl)s1. The second-order valence-electron chi connectivity index (χ2n) is 3.35. The maximum Gasteiger partial charge on any atom is 0.0931 e. The largest absolute Gasteiger partial charge is 0.395 e. The highest BCUT2D eigenvalue weighted by atomic mass is 35.5. The number of hydrogen-bond donors (Lipinski definition) is 2. The number of nitrogens with one attached hydrogen (secondary N) is 1. The molecule has 0 aromatic carbocycles. The zero-order valence-corrected chi connectivity index (χ0v) is 10.0. The van der Waals surface area contributed by atoms with E-state index in [2.05, 4.69) is 12.2 Å². The minimum absolute atomic E-state index is 0.126. The van der Waals surface area contributed by atoms with Crippen LogP contribution in [0.2, 0.25) is 4.34 Å². The third-order valence-electron chi connectivity index (χ3n) is 2.11. The first-order chi connectivity index (χ1) is 6.67. The molecule has 1 aromatic heterocycles. The van der Waals surface area contributed by atoms with Crippen molar-refractivity contribution >= 4 is 22.9 Å². The van der Waals surface area contributed by atoms with E-state index in [0.29, 0.717) is 6.04 Å². The van der Waals surface area contributed by atoms with Crippen LogP contribution in [0.25, 0.3) is 0 Å². The highest BCUT2D eigenvalue weighted by Gasteiger charge is 2.13. The van der Waals surface area contributed by atoms with Gasteiger partial charge in [-0.2, -0.15) is 0 Å². The van der Waals surface area contributed by atoms with Crippen molar-refractivity contribution in [3.63, 3.8) is 0 Å². The number of thiophene rings is 1. The Morgan fingerprint density at radius 3 is 2.71 bits per heavy atom. The Morgan fingerprint density at radius 1 is 1.57 bits per heavy atom. The summed E-state index contributed by atoms with van der Waals surface area (Å²) in [6.07, 6.45) is 1.00. The molecule has 80 valence electrons. The highest BCUT2D eigenvalue weighted by molar-refractivity contribution is 7.16. The lowest BCUT2D eigenvalue weighted by atomic mass is 10.1. The van der Waals surface area contributed by atoms with E-state index < -0.39 is 0 Å². The van der Waals surface area contributed by atoms with Gasteiger partial charge in [-0.1, -0.05) is 18.5 Å². The fourth-order valence-corrected chi connectivity index (χ4v) is 2.52. The first-order valence-corrected chi connectivity index (χ1v) is 5.99. The predicted molar refractivity (Wildman–Crippen MR) is 62.0 cm³/mol. The number of halogens is 1. The Hall–Kier alpha value is -0.0900. The quantitative estimate of drug-likeness (QED) is 0.820. The fraction of sp³-hybridized carbons (Fsp3) is 0.600. The van der Waals surface area contributed by atoms with Crippen molar-refractivity contribution in [2.75, 3.05) is 6.61 Å². The topological polar surface area (TPSA) is 32.3 Å².